The van der Waals surface area contributed by atoms with Crippen LogP contribution in [0.1, 0.15) is 17.5 Å². The van der Waals surface area contributed by atoms with Crippen molar-refractivity contribution in [1.29, 1.82) is 0 Å². The van der Waals surface area contributed by atoms with Gasteiger partial charge in [-0.15, -0.1) is 0 Å². The molecule has 0 amide bonds. The smallest absolute Gasteiger partial charge is 0.406 e. The van der Waals surface area contributed by atoms with Crippen molar-refractivity contribution >= 4 is 5.97 Å². The molecule has 7 heteroatoms. The highest BCUT2D eigenvalue weighted by Gasteiger charge is 2.63. The van der Waals surface area contributed by atoms with Gasteiger partial charge in [-0.3, -0.25) is 9.69 Å². The van der Waals surface area contributed by atoms with Gasteiger partial charge in [0.2, 0.25) is 0 Å². The predicted octanol–water partition coefficient (Wildman–Crippen LogP) is 2.97. The van der Waals surface area contributed by atoms with E-state index in [1.165, 1.54) is 17.0 Å². The molecule has 1 fully saturated rings. The first-order chi connectivity index (χ1) is 9.65. The molecule has 21 heavy (non-hydrogen) atoms. The number of rotatable bonds is 3. The Labute approximate surface area is 119 Å². The van der Waals surface area contributed by atoms with E-state index in [-0.39, 0.29) is 13.1 Å². The monoisotopic (exact) mass is 305 g/mol. The Bertz CT molecular complexity index is 558. The maximum Gasteiger partial charge on any atom is 0.406 e. The summed E-state index contributed by atoms with van der Waals surface area (Å²) >= 11 is 0. The molecule has 0 saturated carbocycles. The summed E-state index contributed by atoms with van der Waals surface area (Å²) in [6, 6.07) is 4.10. The number of aliphatic carboxylic acids is 1. The average Bonchev–Trinajstić information content (AvgIpc) is 2.79. The number of aryl methyl sites for hydroxylation is 1. The first kappa shape index (κ1) is 15.8. The summed E-state index contributed by atoms with van der Waals surface area (Å²) in [5.74, 6) is -2.32. The number of carboxylic acids is 1. The van der Waals surface area contributed by atoms with Crippen molar-refractivity contribution in [2.75, 3.05) is 13.1 Å². The van der Waals surface area contributed by atoms with Crippen molar-refractivity contribution in [3.63, 3.8) is 0 Å². The second-order valence-electron chi connectivity index (χ2n) is 5.42. The lowest BCUT2D eigenvalue weighted by Gasteiger charge is -2.27. The van der Waals surface area contributed by atoms with Crippen LogP contribution >= 0.6 is 0 Å². The summed E-state index contributed by atoms with van der Waals surface area (Å²) in [5, 5.41) is 8.98. The minimum Gasteiger partial charge on any atom is -0.481 e. The lowest BCUT2D eigenvalue weighted by molar-refractivity contribution is -0.227. The molecule has 1 N–H and O–H groups in total. The fourth-order valence-corrected chi connectivity index (χ4v) is 2.60. The molecule has 2 rings (SSSR count). The van der Waals surface area contributed by atoms with Gasteiger partial charge in [-0.25, -0.2) is 4.39 Å². The zero-order valence-corrected chi connectivity index (χ0v) is 11.4. The maximum absolute atomic E-state index is 13.2. The SMILES string of the molecule is Cc1ccc(F)cc1CN1CCC(C(=O)O)(C(F)(F)F)C1. The van der Waals surface area contributed by atoms with Crippen LogP contribution in [0.3, 0.4) is 0 Å². The lowest BCUT2D eigenvalue weighted by atomic mass is 9.86. The van der Waals surface area contributed by atoms with Gasteiger partial charge in [0.05, 0.1) is 0 Å². The first-order valence-corrected chi connectivity index (χ1v) is 6.43. The van der Waals surface area contributed by atoms with Crippen LogP contribution in [0.2, 0.25) is 0 Å². The van der Waals surface area contributed by atoms with E-state index in [0.717, 1.165) is 5.56 Å². The Hall–Kier alpha value is -1.63. The van der Waals surface area contributed by atoms with Crippen LogP contribution in [0.5, 0.6) is 0 Å². The summed E-state index contributed by atoms with van der Waals surface area (Å²) in [5.41, 5.74) is -1.40. The third-order valence-corrected chi connectivity index (χ3v) is 4.01. The fraction of sp³-hybridized carbons (Fsp3) is 0.500. The standard InChI is InChI=1S/C14H15F4NO2/c1-9-2-3-11(15)6-10(9)7-19-5-4-13(8-19,12(20)21)14(16,17)18/h2-3,6H,4-5,7-8H2,1H3,(H,20,21). The minimum absolute atomic E-state index is 0.0156. The van der Waals surface area contributed by atoms with E-state index in [2.05, 4.69) is 0 Å². The van der Waals surface area contributed by atoms with Crippen molar-refractivity contribution in [2.24, 2.45) is 5.41 Å². The molecule has 1 aliphatic rings. The van der Waals surface area contributed by atoms with E-state index < -0.39 is 36.3 Å². The normalized spacial score (nSPS) is 23.5. The Balaban J connectivity index is 2.19. The molecule has 1 aromatic rings. The Morgan fingerprint density at radius 3 is 2.62 bits per heavy atom. The predicted molar refractivity (Wildman–Crippen MR) is 67.2 cm³/mol. The number of alkyl halides is 3. The molecular weight excluding hydrogens is 290 g/mol. The van der Waals surface area contributed by atoms with Gasteiger partial charge in [0.1, 0.15) is 5.82 Å². The Kier molecular flexibility index (Phi) is 3.97. The van der Waals surface area contributed by atoms with Crippen molar-refractivity contribution in [3.8, 4) is 0 Å². The molecule has 0 bridgehead atoms. The second-order valence-corrected chi connectivity index (χ2v) is 5.42. The first-order valence-electron chi connectivity index (χ1n) is 6.43. The number of carbonyl (C=O) groups is 1. The average molecular weight is 305 g/mol. The van der Waals surface area contributed by atoms with Gasteiger partial charge in [-0.1, -0.05) is 6.07 Å². The summed E-state index contributed by atoms with van der Waals surface area (Å²) in [4.78, 5) is 12.5. The van der Waals surface area contributed by atoms with Crippen molar-refractivity contribution in [3.05, 3.63) is 35.1 Å². The largest absolute Gasteiger partial charge is 0.481 e. The number of nitrogens with zero attached hydrogens (tertiary/aromatic N) is 1. The molecular formula is C14H15F4NO2. The van der Waals surface area contributed by atoms with Crippen LogP contribution in [0.25, 0.3) is 0 Å². The Morgan fingerprint density at radius 2 is 2.10 bits per heavy atom. The third-order valence-electron chi connectivity index (χ3n) is 4.01. The fourth-order valence-electron chi connectivity index (χ4n) is 2.60. The third kappa shape index (κ3) is 2.88. The molecule has 116 valence electrons. The van der Waals surface area contributed by atoms with Crippen LogP contribution in [-0.4, -0.2) is 35.2 Å². The molecule has 1 heterocycles. The molecule has 0 radical (unpaired) electrons. The van der Waals surface area contributed by atoms with Crippen LogP contribution in [0.4, 0.5) is 17.6 Å². The van der Waals surface area contributed by atoms with E-state index >= 15 is 0 Å². The molecule has 0 aromatic heterocycles. The van der Waals surface area contributed by atoms with E-state index in [0.29, 0.717) is 5.56 Å². The quantitative estimate of drug-likeness (QED) is 0.873. The molecule has 1 unspecified atom stereocenters. The molecule has 0 spiro atoms. The van der Waals surface area contributed by atoms with Gasteiger partial charge in [-0.2, -0.15) is 13.2 Å². The molecule has 1 aromatic carbocycles. The highest BCUT2D eigenvalue weighted by Crippen LogP contribution is 2.46. The number of likely N-dealkylation sites (tertiary alicyclic amines) is 1. The Morgan fingerprint density at radius 1 is 1.43 bits per heavy atom. The van der Waals surface area contributed by atoms with E-state index in [1.54, 1.807) is 13.0 Å². The minimum atomic E-state index is -4.80. The number of benzene rings is 1. The number of halogens is 4. The van der Waals surface area contributed by atoms with Crippen LogP contribution < -0.4 is 0 Å². The van der Waals surface area contributed by atoms with Crippen LogP contribution in [0.15, 0.2) is 18.2 Å². The second kappa shape index (κ2) is 5.29. The van der Waals surface area contributed by atoms with E-state index in [9.17, 15) is 22.4 Å². The summed E-state index contributed by atoms with van der Waals surface area (Å²) in [6.07, 6.45) is -5.29. The molecule has 1 aliphatic heterocycles. The number of hydrogen-bond acceptors (Lipinski definition) is 2. The molecule has 0 aliphatic carbocycles. The molecule has 1 saturated heterocycles. The highest BCUT2D eigenvalue weighted by atomic mass is 19.4. The lowest BCUT2D eigenvalue weighted by Crippen LogP contribution is -2.47. The van der Waals surface area contributed by atoms with Gasteiger partial charge < -0.3 is 5.11 Å². The van der Waals surface area contributed by atoms with Crippen LogP contribution in [-0.2, 0) is 11.3 Å². The van der Waals surface area contributed by atoms with Crippen molar-refractivity contribution in [1.82, 2.24) is 4.90 Å². The van der Waals surface area contributed by atoms with Gasteiger partial charge >= 0.3 is 12.1 Å². The zero-order valence-electron chi connectivity index (χ0n) is 11.4. The summed E-state index contributed by atoms with van der Waals surface area (Å²) < 4.78 is 52.4. The van der Waals surface area contributed by atoms with Gasteiger partial charge in [0, 0.05) is 19.6 Å². The van der Waals surface area contributed by atoms with Crippen LogP contribution in [0, 0.1) is 18.2 Å². The van der Waals surface area contributed by atoms with E-state index in [4.69, 9.17) is 5.11 Å². The van der Waals surface area contributed by atoms with Gasteiger partial charge in [-0.05, 0) is 36.6 Å². The number of carboxylic acid groups (broad SMARTS) is 1. The van der Waals surface area contributed by atoms with Gasteiger partial charge in [0.25, 0.3) is 0 Å². The summed E-state index contributed by atoms with van der Waals surface area (Å²) in [6.45, 7) is 1.25. The number of hydrogen-bond donors (Lipinski definition) is 1. The van der Waals surface area contributed by atoms with Gasteiger partial charge in [0.15, 0.2) is 5.41 Å². The zero-order chi connectivity index (χ0) is 15.8. The van der Waals surface area contributed by atoms with Crippen molar-refractivity contribution in [2.45, 2.75) is 26.1 Å². The summed E-state index contributed by atoms with van der Waals surface area (Å²) in [7, 11) is 0. The highest BCUT2D eigenvalue weighted by molar-refractivity contribution is 5.76. The molecule has 3 nitrogen and oxygen atoms in total. The maximum atomic E-state index is 13.2. The van der Waals surface area contributed by atoms with Crippen molar-refractivity contribution < 1.29 is 27.5 Å². The topological polar surface area (TPSA) is 40.5 Å². The van der Waals surface area contributed by atoms with E-state index in [1.807, 2.05) is 0 Å². The molecule has 1 atom stereocenters.